The van der Waals surface area contributed by atoms with Gasteiger partial charge in [-0.2, -0.15) is 0 Å². The molecule has 0 spiro atoms. The van der Waals surface area contributed by atoms with Crippen molar-refractivity contribution in [3.05, 3.63) is 29.3 Å². The van der Waals surface area contributed by atoms with Crippen LogP contribution in [0.15, 0.2) is 23.2 Å². The molecular formula is C15H27IN4O3S. The lowest BCUT2D eigenvalue weighted by Crippen LogP contribution is -2.42. The number of hydrogen-bond donors (Lipinski definition) is 3. The molecule has 0 unspecified atom stereocenters. The van der Waals surface area contributed by atoms with E-state index < -0.39 is 10.0 Å². The molecule has 0 bridgehead atoms. The van der Waals surface area contributed by atoms with E-state index in [-0.39, 0.29) is 24.0 Å². The highest BCUT2D eigenvalue weighted by Gasteiger charge is 2.04. The molecule has 0 atom stereocenters. The number of ether oxygens (including phenoxy) is 1. The molecule has 0 heterocycles. The van der Waals surface area contributed by atoms with E-state index in [1.165, 1.54) is 5.56 Å². The number of nitrogens with one attached hydrogen (secondary N) is 3. The van der Waals surface area contributed by atoms with Crippen molar-refractivity contribution in [2.75, 3.05) is 40.0 Å². The van der Waals surface area contributed by atoms with Gasteiger partial charge < -0.3 is 15.4 Å². The second-order valence-corrected chi connectivity index (χ2v) is 6.99. The zero-order chi connectivity index (χ0) is 17.3. The van der Waals surface area contributed by atoms with E-state index in [0.29, 0.717) is 25.6 Å². The molecule has 0 saturated carbocycles. The quantitative estimate of drug-likeness (QED) is 0.227. The molecule has 24 heavy (non-hydrogen) atoms. The molecular weight excluding hydrogens is 443 g/mol. The highest BCUT2D eigenvalue weighted by atomic mass is 127. The summed E-state index contributed by atoms with van der Waals surface area (Å²) in [4.78, 5) is 4.10. The van der Waals surface area contributed by atoms with E-state index in [1.54, 1.807) is 14.2 Å². The van der Waals surface area contributed by atoms with E-state index in [9.17, 15) is 8.42 Å². The Morgan fingerprint density at radius 1 is 1.21 bits per heavy atom. The van der Waals surface area contributed by atoms with Gasteiger partial charge in [0.1, 0.15) is 5.75 Å². The first-order chi connectivity index (χ1) is 10.9. The smallest absolute Gasteiger partial charge is 0.208 e. The SMILES string of the molecule is CN=C(NCCNS(C)(=O)=O)NCCc1cc(C)ccc1OC.I. The fourth-order valence-electron chi connectivity index (χ4n) is 2.06. The Morgan fingerprint density at radius 2 is 1.88 bits per heavy atom. The lowest BCUT2D eigenvalue weighted by molar-refractivity contribution is 0.409. The number of hydrogen-bond acceptors (Lipinski definition) is 4. The molecule has 3 N–H and O–H groups in total. The zero-order valence-corrected chi connectivity index (χ0v) is 17.7. The van der Waals surface area contributed by atoms with Gasteiger partial charge in [-0.3, -0.25) is 4.99 Å². The van der Waals surface area contributed by atoms with Gasteiger partial charge in [0.15, 0.2) is 5.96 Å². The Labute approximate surface area is 161 Å². The summed E-state index contributed by atoms with van der Waals surface area (Å²) in [6.45, 7) is 3.51. The normalized spacial score (nSPS) is 11.6. The van der Waals surface area contributed by atoms with E-state index in [4.69, 9.17) is 4.74 Å². The monoisotopic (exact) mass is 470 g/mol. The van der Waals surface area contributed by atoms with Crippen molar-refractivity contribution in [3.8, 4) is 5.75 Å². The van der Waals surface area contributed by atoms with Crippen LogP contribution in [0.2, 0.25) is 0 Å². The number of rotatable bonds is 8. The van der Waals surface area contributed by atoms with Gasteiger partial charge in [-0.05, 0) is 25.0 Å². The van der Waals surface area contributed by atoms with Crippen LogP contribution < -0.4 is 20.1 Å². The minimum absolute atomic E-state index is 0. The van der Waals surface area contributed by atoms with Crippen molar-refractivity contribution in [3.63, 3.8) is 0 Å². The molecule has 0 radical (unpaired) electrons. The van der Waals surface area contributed by atoms with Crippen LogP contribution in [-0.4, -0.2) is 54.4 Å². The van der Waals surface area contributed by atoms with Gasteiger partial charge in [0.2, 0.25) is 10.0 Å². The number of aryl methyl sites for hydroxylation is 1. The third-order valence-electron chi connectivity index (χ3n) is 3.13. The Bertz CT molecular complexity index is 636. The number of aliphatic imine (C=N–C) groups is 1. The minimum atomic E-state index is -3.16. The number of benzene rings is 1. The maximum Gasteiger partial charge on any atom is 0.208 e. The molecule has 1 aromatic carbocycles. The van der Waals surface area contributed by atoms with Crippen LogP contribution in [0.5, 0.6) is 5.75 Å². The van der Waals surface area contributed by atoms with Gasteiger partial charge in [-0.25, -0.2) is 13.1 Å². The lowest BCUT2D eigenvalue weighted by atomic mass is 10.1. The maximum absolute atomic E-state index is 11.0. The summed E-state index contributed by atoms with van der Waals surface area (Å²) < 4.78 is 29.7. The summed E-state index contributed by atoms with van der Waals surface area (Å²) in [6, 6.07) is 6.09. The third kappa shape index (κ3) is 9.28. The number of nitrogens with zero attached hydrogens (tertiary/aromatic N) is 1. The van der Waals surface area contributed by atoms with Gasteiger partial charge in [-0.1, -0.05) is 17.7 Å². The molecule has 0 aliphatic carbocycles. The van der Waals surface area contributed by atoms with Crippen LogP contribution in [0.4, 0.5) is 0 Å². The van der Waals surface area contributed by atoms with Crippen molar-refractivity contribution >= 4 is 40.0 Å². The van der Waals surface area contributed by atoms with Crippen molar-refractivity contribution in [2.24, 2.45) is 4.99 Å². The molecule has 0 aromatic heterocycles. The second-order valence-electron chi connectivity index (χ2n) is 5.16. The van der Waals surface area contributed by atoms with E-state index in [1.807, 2.05) is 19.1 Å². The van der Waals surface area contributed by atoms with Gasteiger partial charge >= 0.3 is 0 Å². The summed E-state index contributed by atoms with van der Waals surface area (Å²) in [6.07, 6.45) is 1.93. The topological polar surface area (TPSA) is 91.8 Å². The summed E-state index contributed by atoms with van der Waals surface area (Å²) in [5.41, 5.74) is 2.32. The molecule has 0 saturated heterocycles. The number of methoxy groups -OCH3 is 1. The van der Waals surface area contributed by atoms with Gasteiger partial charge in [0.05, 0.1) is 13.4 Å². The van der Waals surface area contributed by atoms with Gasteiger partial charge in [0.25, 0.3) is 0 Å². The molecule has 0 fully saturated rings. The Kier molecular flexibility index (Phi) is 11.0. The first kappa shape index (κ1) is 22.9. The van der Waals surface area contributed by atoms with Crippen molar-refractivity contribution < 1.29 is 13.2 Å². The van der Waals surface area contributed by atoms with Crippen molar-refractivity contribution in [1.29, 1.82) is 0 Å². The summed E-state index contributed by atoms with van der Waals surface area (Å²) in [7, 11) is 0.179. The fourth-order valence-corrected chi connectivity index (χ4v) is 2.53. The van der Waals surface area contributed by atoms with Crippen molar-refractivity contribution in [1.82, 2.24) is 15.4 Å². The highest BCUT2D eigenvalue weighted by molar-refractivity contribution is 14.0. The van der Waals surface area contributed by atoms with E-state index in [0.717, 1.165) is 24.0 Å². The maximum atomic E-state index is 11.0. The van der Waals surface area contributed by atoms with Crippen LogP contribution in [0.25, 0.3) is 0 Å². The fraction of sp³-hybridized carbons (Fsp3) is 0.533. The number of guanidine groups is 1. The first-order valence-electron chi connectivity index (χ1n) is 7.38. The van der Waals surface area contributed by atoms with Crippen LogP contribution in [0, 0.1) is 6.92 Å². The predicted molar refractivity (Wildman–Crippen MR) is 109 cm³/mol. The molecule has 1 aromatic rings. The van der Waals surface area contributed by atoms with E-state index >= 15 is 0 Å². The summed E-state index contributed by atoms with van der Waals surface area (Å²) >= 11 is 0. The highest BCUT2D eigenvalue weighted by Crippen LogP contribution is 2.19. The number of halogens is 1. The molecule has 1 rings (SSSR count). The Hall–Kier alpha value is -1.07. The standard InChI is InChI=1S/C15H26N4O3S.HI/c1-12-5-6-14(22-3)13(11-12)7-8-17-15(16-2)18-9-10-19-23(4,20)21;/h5-6,11,19H,7-10H2,1-4H3,(H2,16,17,18);1H. The van der Waals surface area contributed by atoms with Crippen molar-refractivity contribution in [2.45, 2.75) is 13.3 Å². The second kappa shape index (κ2) is 11.5. The van der Waals surface area contributed by atoms with Crippen LogP contribution in [0.1, 0.15) is 11.1 Å². The molecule has 138 valence electrons. The molecule has 9 heteroatoms. The summed E-state index contributed by atoms with van der Waals surface area (Å²) in [5.74, 6) is 1.50. The molecule has 7 nitrogen and oxygen atoms in total. The Morgan fingerprint density at radius 3 is 2.46 bits per heavy atom. The van der Waals surface area contributed by atoms with Crippen LogP contribution in [0.3, 0.4) is 0 Å². The predicted octanol–water partition coefficient (Wildman–Crippen LogP) is 0.878. The van der Waals surface area contributed by atoms with Gasteiger partial charge in [0, 0.05) is 26.7 Å². The van der Waals surface area contributed by atoms with Gasteiger partial charge in [-0.15, -0.1) is 24.0 Å². The van der Waals surface area contributed by atoms with E-state index in [2.05, 4.69) is 26.4 Å². The summed E-state index contributed by atoms with van der Waals surface area (Å²) in [5, 5.41) is 6.24. The Balaban J connectivity index is 0.00000529. The number of sulfonamides is 1. The molecule has 0 aliphatic rings. The molecule has 0 aliphatic heterocycles. The van der Waals surface area contributed by atoms with Crippen LogP contribution >= 0.6 is 24.0 Å². The largest absolute Gasteiger partial charge is 0.496 e. The first-order valence-corrected chi connectivity index (χ1v) is 9.27. The zero-order valence-electron chi connectivity index (χ0n) is 14.5. The third-order valence-corrected chi connectivity index (χ3v) is 3.86. The average molecular weight is 470 g/mol. The minimum Gasteiger partial charge on any atom is -0.496 e. The lowest BCUT2D eigenvalue weighted by Gasteiger charge is -2.13. The van der Waals surface area contributed by atoms with Crippen LogP contribution in [-0.2, 0) is 16.4 Å². The average Bonchev–Trinajstić information content (AvgIpc) is 2.49. The molecule has 0 amide bonds.